The summed E-state index contributed by atoms with van der Waals surface area (Å²) in [5, 5.41) is 18.5. The molecule has 14 heavy (non-hydrogen) atoms. The van der Waals surface area contributed by atoms with Crippen molar-refractivity contribution in [2.45, 2.75) is 12.6 Å². The van der Waals surface area contributed by atoms with Crippen LogP contribution in [0.2, 0.25) is 0 Å². The molecular formula is C7H9F3N2O2. The molecule has 0 aromatic heterocycles. The summed E-state index contributed by atoms with van der Waals surface area (Å²) in [5.74, 6) is -2.47. The predicted octanol–water partition coefficient (Wildman–Crippen LogP) is 0.753. The highest BCUT2D eigenvalue weighted by Gasteiger charge is 2.38. The number of carbonyl (C=O) groups is 1. The lowest BCUT2D eigenvalue weighted by molar-refractivity contribution is -0.192. The molecule has 4 nitrogen and oxygen atoms in total. The molecule has 7 heteroatoms. The Morgan fingerprint density at radius 3 is 2.21 bits per heavy atom. The molecule has 0 aliphatic carbocycles. The van der Waals surface area contributed by atoms with Gasteiger partial charge in [0.1, 0.15) is 0 Å². The van der Waals surface area contributed by atoms with E-state index >= 15 is 0 Å². The van der Waals surface area contributed by atoms with Crippen molar-refractivity contribution in [3.8, 4) is 6.07 Å². The zero-order chi connectivity index (χ0) is 11.2. The molecule has 0 radical (unpaired) electrons. The first kappa shape index (κ1) is 12.7. The number of alkyl halides is 3. The van der Waals surface area contributed by atoms with Crippen LogP contribution in [-0.4, -0.2) is 30.3 Å². The fraction of sp³-hybridized carbons (Fsp3) is 0.714. The first-order valence-corrected chi connectivity index (χ1v) is 3.78. The van der Waals surface area contributed by atoms with Crippen molar-refractivity contribution in [3.05, 3.63) is 0 Å². The van der Waals surface area contributed by atoms with Crippen LogP contribution in [0.1, 0.15) is 6.42 Å². The van der Waals surface area contributed by atoms with Gasteiger partial charge in [-0.2, -0.15) is 18.4 Å². The van der Waals surface area contributed by atoms with E-state index in [-0.39, 0.29) is 0 Å². The minimum Gasteiger partial charge on any atom is -0.475 e. The maximum absolute atomic E-state index is 10.6. The molecule has 2 N–H and O–H groups in total. The van der Waals surface area contributed by atoms with E-state index in [9.17, 15) is 13.2 Å². The van der Waals surface area contributed by atoms with Gasteiger partial charge in [-0.05, 0) is 13.0 Å². The summed E-state index contributed by atoms with van der Waals surface area (Å²) in [6.45, 7) is 1.93. The van der Waals surface area contributed by atoms with Crippen molar-refractivity contribution in [1.29, 1.82) is 5.26 Å². The first-order chi connectivity index (χ1) is 6.38. The van der Waals surface area contributed by atoms with E-state index in [1.807, 2.05) is 0 Å². The summed E-state index contributed by atoms with van der Waals surface area (Å²) >= 11 is 0. The Morgan fingerprint density at radius 1 is 1.57 bits per heavy atom. The summed E-state index contributed by atoms with van der Waals surface area (Å²) < 4.78 is 31.7. The number of nitriles is 1. The molecule has 0 aromatic carbocycles. The van der Waals surface area contributed by atoms with Gasteiger partial charge >= 0.3 is 12.1 Å². The molecule has 1 atom stereocenters. The number of nitrogens with zero attached hydrogens (tertiary/aromatic N) is 1. The molecular weight excluding hydrogens is 201 g/mol. The van der Waals surface area contributed by atoms with E-state index in [1.165, 1.54) is 0 Å². The topological polar surface area (TPSA) is 73.1 Å². The van der Waals surface area contributed by atoms with Gasteiger partial charge in [0.15, 0.2) is 0 Å². The second-order valence-electron chi connectivity index (χ2n) is 2.62. The summed E-state index contributed by atoms with van der Waals surface area (Å²) in [5.41, 5.74) is 0. The average Bonchev–Trinajstić information content (AvgIpc) is 2.54. The van der Waals surface area contributed by atoms with Crippen LogP contribution in [0.25, 0.3) is 0 Å². The highest BCUT2D eigenvalue weighted by Crippen LogP contribution is 2.13. The fourth-order valence-electron chi connectivity index (χ4n) is 0.765. The van der Waals surface area contributed by atoms with Gasteiger partial charge < -0.3 is 10.4 Å². The molecule has 1 saturated heterocycles. The van der Waals surface area contributed by atoms with Crippen LogP contribution in [0, 0.1) is 17.2 Å². The third kappa shape index (κ3) is 5.37. The Bertz CT molecular complexity index is 228. The summed E-state index contributed by atoms with van der Waals surface area (Å²) in [6, 6.07) is 2.20. The van der Waals surface area contributed by atoms with Crippen LogP contribution in [-0.2, 0) is 4.79 Å². The Balaban J connectivity index is 0.000000241. The second kappa shape index (κ2) is 5.44. The number of nitrogens with one attached hydrogen (secondary N) is 1. The number of rotatable bonds is 0. The second-order valence-corrected chi connectivity index (χ2v) is 2.62. The van der Waals surface area contributed by atoms with E-state index < -0.39 is 12.1 Å². The molecule has 1 rings (SSSR count). The molecule has 1 aliphatic heterocycles. The van der Waals surface area contributed by atoms with Crippen LogP contribution in [0.4, 0.5) is 13.2 Å². The van der Waals surface area contributed by atoms with E-state index in [2.05, 4.69) is 11.4 Å². The molecule has 0 unspecified atom stereocenters. The highest BCUT2D eigenvalue weighted by molar-refractivity contribution is 5.73. The van der Waals surface area contributed by atoms with Crippen molar-refractivity contribution in [2.75, 3.05) is 13.1 Å². The van der Waals surface area contributed by atoms with E-state index in [0.717, 1.165) is 19.5 Å². The zero-order valence-corrected chi connectivity index (χ0v) is 7.14. The SMILES string of the molecule is N#C[C@@H]1CCNC1.O=C(O)C(F)(F)F. The van der Waals surface area contributed by atoms with Crippen molar-refractivity contribution >= 4 is 5.97 Å². The first-order valence-electron chi connectivity index (χ1n) is 3.78. The molecule has 1 fully saturated rings. The molecule has 80 valence electrons. The Labute approximate surface area is 78.3 Å². The lowest BCUT2D eigenvalue weighted by Gasteiger charge is -1.93. The van der Waals surface area contributed by atoms with Gasteiger partial charge in [-0.1, -0.05) is 0 Å². The maximum Gasteiger partial charge on any atom is 0.490 e. The fourth-order valence-corrected chi connectivity index (χ4v) is 0.765. The monoisotopic (exact) mass is 210 g/mol. The van der Waals surface area contributed by atoms with Crippen molar-refractivity contribution in [3.63, 3.8) is 0 Å². The smallest absolute Gasteiger partial charge is 0.475 e. The minimum absolute atomic E-state index is 0.292. The van der Waals surface area contributed by atoms with Gasteiger partial charge in [0.05, 0.1) is 12.0 Å². The van der Waals surface area contributed by atoms with E-state index in [4.69, 9.17) is 15.2 Å². The average molecular weight is 210 g/mol. The van der Waals surface area contributed by atoms with Crippen LogP contribution in [0.3, 0.4) is 0 Å². The van der Waals surface area contributed by atoms with Crippen LogP contribution < -0.4 is 5.32 Å². The normalized spacial score (nSPS) is 20.6. The van der Waals surface area contributed by atoms with Crippen LogP contribution in [0.15, 0.2) is 0 Å². The summed E-state index contributed by atoms with van der Waals surface area (Å²) in [7, 11) is 0. The lowest BCUT2D eigenvalue weighted by atomic mass is 10.2. The number of hydrogen-bond donors (Lipinski definition) is 2. The quantitative estimate of drug-likeness (QED) is 0.618. The number of carboxylic acids is 1. The van der Waals surface area contributed by atoms with Crippen molar-refractivity contribution < 1.29 is 23.1 Å². The van der Waals surface area contributed by atoms with Gasteiger partial charge in [0.25, 0.3) is 0 Å². The van der Waals surface area contributed by atoms with Crippen LogP contribution >= 0.6 is 0 Å². The van der Waals surface area contributed by atoms with Gasteiger partial charge in [-0.15, -0.1) is 0 Å². The number of carboxylic acid groups (broad SMARTS) is 1. The zero-order valence-electron chi connectivity index (χ0n) is 7.14. The van der Waals surface area contributed by atoms with Gasteiger partial charge in [-0.3, -0.25) is 0 Å². The molecule has 0 saturated carbocycles. The van der Waals surface area contributed by atoms with E-state index in [1.54, 1.807) is 0 Å². The van der Waals surface area contributed by atoms with Crippen molar-refractivity contribution in [1.82, 2.24) is 5.32 Å². The molecule has 1 aliphatic rings. The third-order valence-electron chi connectivity index (χ3n) is 1.49. The number of aliphatic carboxylic acids is 1. The molecule has 0 amide bonds. The highest BCUT2D eigenvalue weighted by atomic mass is 19.4. The predicted molar refractivity (Wildman–Crippen MR) is 40.3 cm³/mol. The largest absolute Gasteiger partial charge is 0.490 e. The summed E-state index contributed by atoms with van der Waals surface area (Å²) in [4.78, 5) is 8.90. The third-order valence-corrected chi connectivity index (χ3v) is 1.49. The summed E-state index contributed by atoms with van der Waals surface area (Å²) in [6.07, 6.45) is -4.05. The van der Waals surface area contributed by atoms with Gasteiger partial charge in [-0.25, -0.2) is 4.79 Å². The Hall–Kier alpha value is -1.29. The lowest BCUT2D eigenvalue weighted by Crippen LogP contribution is -2.21. The minimum atomic E-state index is -5.08. The molecule has 1 heterocycles. The Kier molecular flexibility index (Phi) is 4.94. The maximum atomic E-state index is 10.6. The molecule has 0 bridgehead atoms. The van der Waals surface area contributed by atoms with Gasteiger partial charge in [0, 0.05) is 6.54 Å². The number of hydrogen-bond acceptors (Lipinski definition) is 3. The van der Waals surface area contributed by atoms with Crippen molar-refractivity contribution in [2.24, 2.45) is 5.92 Å². The molecule has 0 spiro atoms. The van der Waals surface area contributed by atoms with E-state index in [0.29, 0.717) is 5.92 Å². The van der Waals surface area contributed by atoms with Gasteiger partial charge in [0.2, 0.25) is 0 Å². The standard InChI is InChI=1S/C5H8N2.C2HF3O2/c6-3-5-1-2-7-4-5;3-2(4,5)1(6)7/h5,7H,1-2,4H2;(H,6,7)/t5-;/m0./s1. The van der Waals surface area contributed by atoms with Crippen LogP contribution in [0.5, 0.6) is 0 Å². The molecule has 0 aromatic rings. The Morgan fingerprint density at radius 2 is 2.07 bits per heavy atom. The number of halogens is 3.